The molecular weight excluding hydrogens is 318 g/mol. The Kier molecular flexibility index (Phi) is 4.48. The van der Waals surface area contributed by atoms with Crippen LogP contribution in [0.1, 0.15) is 31.1 Å². The Morgan fingerprint density at radius 3 is 2.68 bits per heavy atom. The number of hydrogen-bond donors (Lipinski definition) is 0. The Hall–Kier alpha value is -1.92. The smallest absolute Gasteiger partial charge is 0.230 e. The maximum atomic E-state index is 5.72. The molecule has 4 rings (SSSR count). The number of nitrogens with zero attached hydrogens (tertiary/aromatic N) is 3. The predicted molar refractivity (Wildman–Crippen MR) is 93.6 cm³/mol. The number of benzene rings is 1. The second-order valence-corrected chi connectivity index (χ2v) is 7.36. The minimum absolute atomic E-state index is 0.353. The van der Waals surface area contributed by atoms with E-state index in [0.29, 0.717) is 23.8 Å². The largest absolute Gasteiger partial charge is 0.492 e. The molecule has 6 heteroatoms. The van der Waals surface area contributed by atoms with E-state index in [4.69, 9.17) is 14.0 Å². The molecule has 0 N–H and O–H groups in total. The summed E-state index contributed by atoms with van der Waals surface area (Å²) in [6, 6.07) is 7.88. The van der Waals surface area contributed by atoms with Gasteiger partial charge in [-0.3, -0.25) is 0 Å². The molecular formula is C19H25N3O3. The summed E-state index contributed by atoms with van der Waals surface area (Å²) in [5.41, 5.74) is 1.31. The van der Waals surface area contributed by atoms with Gasteiger partial charge in [-0.15, -0.1) is 0 Å². The second-order valence-electron chi connectivity index (χ2n) is 7.36. The normalized spacial score (nSPS) is 21.6. The second kappa shape index (κ2) is 6.77. The quantitative estimate of drug-likeness (QED) is 0.804. The van der Waals surface area contributed by atoms with Crippen LogP contribution in [0.25, 0.3) is 11.4 Å². The van der Waals surface area contributed by atoms with Gasteiger partial charge in [0.25, 0.3) is 0 Å². The minimum atomic E-state index is 0.353. The van der Waals surface area contributed by atoms with Crippen LogP contribution >= 0.6 is 0 Å². The van der Waals surface area contributed by atoms with Crippen LogP contribution in [0.3, 0.4) is 0 Å². The highest BCUT2D eigenvalue weighted by molar-refractivity contribution is 5.55. The molecule has 134 valence electrons. The van der Waals surface area contributed by atoms with Gasteiger partial charge in [0.15, 0.2) is 0 Å². The molecule has 1 saturated carbocycles. The standard InChI is InChI=1S/C19H25N3O3/c1-22(2)9-12-24-15-5-3-14(4-6-15)17-20-18(25-21-17)16-13-19(16)7-10-23-11-8-19/h3-6,16H,7-13H2,1-2H3. The summed E-state index contributed by atoms with van der Waals surface area (Å²) in [6.07, 6.45) is 3.36. The third kappa shape index (κ3) is 3.55. The van der Waals surface area contributed by atoms with Crippen LogP contribution in [0.15, 0.2) is 28.8 Å². The summed E-state index contributed by atoms with van der Waals surface area (Å²) in [5.74, 6) is 2.70. The lowest BCUT2D eigenvalue weighted by Gasteiger charge is -2.21. The van der Waals surface area contributed by atoms with E-state index in [-0.39, 0.29) is 0 Å². The van der Waals surface area contributed by atoms with Crippen LogP contribution < -0.4 is 4.74 Å². The van der Waals surface area contributed by atoms with Gasteiger partial charge in [0, 0.05) is 31.2 Å². The van der Waals surface area contributed by atoms with E-state index in [9.17, 15) is 0 Å². The number of ether oxygens (including phenoxy) is 2. The van der Waals surface area contributed by atoms with Crippen LogP contribution in [0.5, 0.6) is 5.75 Å². The summed E-state index contributed by atoms with van der Waals surface area (Å²) in [7, 11) is 4.06. The number of hydrogen-bond acceptors (Lipinski definition) is 6. The molecule has 1 aromatic carbocycles. The molecule has 1 aliphatic heterocycles. The molecule has 2 heterocycles. The minimum Gasteiger partial charge on any atom is -0.492 e. The van der Waals surface area contributed by atoms with Crippen molar-refractivity contribution in [1.29, 1.82) is 0 Å². The average Bonchev–Trinajstić information content (AvgIpc) is 3.07. The zero-order valence-electron chi connectivity index (χ0n) is 14.9. The molecule has 0 amide bonds. The molecule has 1 unspecified atom stereocenters. The first-order valence-electron chi connectivity index (χ1n) is 8.96. The predicted octanol–water partition coefficient (Wildman–Crippen LogP) is 2.96. The van der Waals surface area contributed by atoms with Gasteiger partial charge in [-0.25, -0.2) is 0 Å². The van der Waals surface area contributed by atoms with Crippen molar-refractivity contribution in [3.63, 3.8) is 0 Å². The van der Waals surface area contributed by atoms with Crippen LogP contribution in [-0.2, 0) is 4.74 Å². The van der Waals surface area contributed by atoms with Gasteiger partial charge >= 0.3 is 0 Å². The number of rotatable bonds is 6. The zero-order chi connectivity index (χ0) is 17.3. The zero-order valence-corrected chi connectivity index (χ0v) is 14.9. The van der Waals surface area contributed by atoms with E-state index in [1.54, 1.807) is 0 Å². The Balaban J connectivity index is 1.39. The fourth-order valence-electron chi connectivity index (χ4n) is 3.57. The van der Waals surface area contributed by atoms with E-state index in [0.717, 1.165) is 56.2 Å². The molecule has 1 atom stereocenters. The Labute approximate surface area is 148 Å². The molecule has 2 aromatic rings. The van der Waals surface area contributed by atoms with Crippen LogP contribution in [0, 0.1) is 5.41 Å². The maximum absolute atomic E-state index is 5.72. The van der Waals surface area contributed by atoms with E-state index < -0.39 is 0 Å². The summed E-state index contributed by atoms with van der Waals surface area (Å²) in [4.78, 5) is 6.74. The highest BCUT2D eigenvalue weighted by Gasteiger charge is 2.57. The van der Waals surface area contributed by atoms with Gasteiger partial charge in [0.1, 0.15) is 12.4 Å². The van der Waals surface area contributed by atoms with E-state index in [2.05, 4.69) is 15.0 Å². The fraction of sp³-hybridized carbons (Fsp3) is 0.579. The summed E-state index contributed by atoms with van der Waals surface area (Å²) in [6.45, 7) is 3.27. The topological polar surface area (TPSA) is 60.6 Å². The van der Waals surface area contributed by atoms with Crippen molar-refractivity contribution < 1.29 is 14.0 Å². The van der Waals surface area contributed by atoms with E-state index in [1.807, 2.05) is 38.4 Å². The van der Waals surface area contributed by atoms with Gasteiger partial charge in [-0.1, -0.05) is 5.16 Å². The molecule has 2 fully saturated rings. The first-order valence-corrected chi connectivity index (χ1v) is 8.96. The van der Waals surface area contributed by atoms with Crippen LogP contribution in [0.2, 0.25) is 0 Å². The van der Waals surface area contributed by atoms with Crippen molar-refractivity contribution in [2.75, 3.05) is 40.5 Å². The third-order valence-electron chi connectivity index (χ3n) is 5.34. The summed E-state index contributed by atoms with van der Waals surface area (Å²) >= 11 is 0. The Morgan fingerprint density at radius 2 is 1.96 bits per heavy atom. The molecule has 1 aromatic heterocycles. The molecule has 0 bridgehead atoms. The summed E-state index contributed by atoms with van der Waals surface area (Å²) in [5, 5.41) is 4.18. The summed E-state index contributed by atoms with van der Waals surface area (Å²) < 4.78 is 16.7. The van der Waals surface area contributed by atoms with Crippen LogP contribution in [-0.4, -0.2) is 55.5 Å². The first-order chi connectivity index (χ1) is 12.2. The molecule has 1 spiro atoms. The monoisotopic (exact) mass is 343 g/mol. The van der Waals surface area contributed by atoms with Crippen molar-refractivity contribution >= 4 is 0 Å². The molecule has 2 aliphatic rings. The fourth-order valence-corrected chi connectivity index (χ4v) is 3.57. The van der Waals surface area contributed by atoms with Gasteiger partial charge < -0.3 is 18.9 Å². The maximum Gasteiger partial charge on any atom is 0.230 e. The molecule has 6 nitrogen and oxygen atoms in total. The van der Waals surface area contributed by atoms with Gasteiger partial charge in [-0.2, -0.15) is 4.98 Å². The van der Waals surface area contributed by atoms with E-state index in [1.165, 1.54) is 0 Å². The molecule has 1 saturated heterocycles. The van der Waals surface area contributed by atoms with E-state index >= 15 is 0 Å². The lowest BCUT2D eigenvalue weighted by atomic mass is 9.94. The van der Waals surface area contributed by atoms with Crippen molar-refractivity contribution in [3.05, 3.63) is 30.2 Å². The van der Waals surface area contributed by atoms with Gasteiger partial charge in [-0.05, 0) is 63.0 Å². The Morgan fingerprint density at radius 1 is 1.20 bits per heavy atom. The SMILES string of the molecule is CN(C)CCOc1ccc(-c2noc(C3CC34CCOCC4)n2)cc1. The molecule has 0 radical (unpaired) electrons. The number of likely N-dealkylation sites (N-methyl/N-ethyl adjacent to an activating group) is 1. The van der Waals surface area contributed by atoms with Crippen LogP contribution in [0.4, 0.5) is 0 Å². The molecule has 25 heavy (non-hydrogen) atoms. The third-order valence-corrected chi connectivity index (χ3v) is 5.34. The van der Waals surface area contributed by atoms with Crippen molar-refractivity contribution in [2.24, 2.45) is 5.41 Å². The van der Waals surface area contributed by atoms with Crippen molar-refractivity contribution in [3.8, 4) is 17.1 Å². The highest BCUT2D eigenvalue weighted by Crippen LogP contribution is 2.64. The Bertz CT molecular complexity index is 705. The molecule has 1 aliphatic carbocycles. The van der Waals surface area contributed by atoms with Crippen molar-refractivity contribution in [1.82, 2.24) is 15.0 Å². The lowest BCUT2D eigenvalue weighted by molar-refractivity contribution is 0.0544. The first kappa shape index (κ1) is 16.5. The lowest BCUT2D eigenvalue weighted by Crippen LogP contribution is -2.19. The van der Waals surface area contributed by atoms with Gasteiger partial charge in [0.2, 0.25) is 11.7 Å². The average molecular weight is 343 g/mol. The highest BCUT2D eigenvalue weighted by atomic mass is 16.5. The van der Waals surface area contributed by atoms with Gasteiger partial charge in [0.05, 0.1) is 0 Å². The number of aromatic nitrogens is 2. The van der Waals surface area contributed by atoms with Crippen molar-refractivity contribution in [2.45, 2.75) is 25.2 Å².